The van der Waals surface area contributed by atoms with Gasteiger partial charge < -0.3 is 38.0 Å². The number of nitrogens with zero attached hydrogens (tertiary/aromatic N) is 4. The topological polar surface area (TPSA) is 49.9 Å². The molecule has 0 saturated carbocycles. The molecule has 0 amide bonds. The van der Waals surface area contributed by atoms with E-state index in [1.165, 1.54) is 0 Å². The minimum absolute atomic E-state index is 0.577. The summed E-state index contributed by atoms with van der Waals surface area (Å²) in [7, 11) is -2.06. The fourth-order valence-electron chi connectivity index (χ4n) is 13.0. The molecule has 0 aromatic heterocycles. The second kappa shape index (κ2) is 16.3. The van der Waals surface area contributed by atoms with E-state index in [2.05, 4.69) is 268 Å². The molecular weight excluding hydrogens is 945 g/mol. The van der Waals surface area contributed by atoms with Crippen LogP contribution in [0.3, 0.4) is 0 Å². The van der Waals surface area contributed by atoms with Crippen LogP contribution in [0.15, 0.2) is 249 Å². The summed E-state index contributed by atoms with van der Waals surface area (Å²) in [5.74, 6) is 3.05. The van der Waals surface area contributed by atoms with Gasteiger partial charge >= 0.3 is 21.2 Å². The zero-order chi connectivity index (χ0) is 50.3. The van der Waals surface area contributed by atoms with Gasteiger partial charge in [-0.15, -0.1) is 0 Å². The average molecular weight is 987 g/mol. The van der Waals surface area contributed by atoms with Crippen LogP contribution < -0.4 is 54.4 Å². The monoisotopic (exact) mass is 986 g/mol. The van der Waals surface area contributed by atoms with E-state index in [1.54, 1.807) is 0 Å². The van der Waals surface area contributed by atoms with Crippen molar-refractivity contribution in [1.29, 1.82) is 0 Å². The van der Waals surface area contributed by atoms with Crippen molar-refractivity contribution in [3.8, 4) is 67.5 Å². The molecule has 6 aliphatic heterocycles. The molecule has 6 heterocycles. The normalized spacial score (nSPS) is 13.7. The Morgan fingerprint density at radius 3 is 1.01 bits per heavy atom. The van der Waals surface area contributed by atoms with Crippen molar-refractivity contribution >= 4 is 94.5 Å². The molecule has 0 bridgehead atoms. The summed E-state index contributed by atoms with van der Waals surface area (Å²) in [5, 5.41) is 0. The van der Waals surface area contributed by atoms with Crippen molar-refractivity contribution in [3.05, 3.63) is 249 Å². The first-order valence-corrected chi connectivity index (χ1v) is 26.2. The Hall–Kier alpha value is -9.99. The summed E-state index contributed by atoms with van der Waals surface area (Å²) < 4.78 is 30.6. The average Bonchev–Trinajstić information content (AvgIpc) is 3.66. The smallest absolute Gasteiger partial charge is 0.537 e. The van der Waals surface area contributed by atoms with Crippen LogP contribution >= 0.6 is 0 Å². The van der Waals surface area contributed by atoms with Crippen LogP contribution in [0, 0.1) is 0 Å². The number of para-hydroxylation sites is 8. The first-order chi connectivity index (χ1) is 38.2. The van der Waals surface area contributed by atoms with Gasteiger partial charge in [-0.3, -0.25) is 0 Å². The molecule has 0 N–H and O–H groups in total. The maximum Gasteiger partial charge on any atom is 0.634 e. The van der Waals surface area contributed by atoms with Crippen molar-refractivity contribution in [2.24, 2.45) is 0 Å². The summed E-state index contributed by atoms with van der Waals surface area (Å²) in [5.41, 5.74) is 21.0. The molecule has 17 rings (SSSR count). The first-order valence-electron chi connectivity index (χ1n) is 26.2. The van der Waals surface area contributed by atoms with Crippen molar-refractivity contribution in [3.63, 3.8) is 0 Å². The summed E-state index contributed by atoms with van der Waals surface area (Å²) in [4.78, 5) is 9.44. The fourth-order valence-corrected chi connectivity index (χ4v) is 13.0. The summed E-state index contributed by atoms with van der Waals surface area (Å²) >= 11 is 0. The van der Waals surface area contributed by atoms with E-state index in [0.717, 1.165) is 129 Å². The molecule has 11 aromatic rings. The molecule has 0 radical (unpaired) electrons. The predicted octanol–water partition coefficient (Wildman–Crippen LogP) is 14.3. The van der Waals surface area contributed by atoms with Gasteiger partial charge in [0.05, 0.1) is 11.4 Å². The molecule has 0 spiro atoms. The molecule has 0 atom stereocenters. The van der Waals surface area contributed by atoms with Crippen LogP contribution in [0.5, 0.6) is 23.0 Å². The Kier molecular flexibility index (Phi) is 8.95. The van der Waals surface area contributed by atoms with Gasteiger partial charge in [0.1, 0.15) is 23.0 Å². The van der Waals surface area contributed by atoms with Crippen LogP contribution in [0.1, 0.15) is 0 Å². The third kappa shape index (κ3) is 6.02. The van der Waals surface area contributed by atoms with Gasteiger partial charge in [0.15, 0.2) is 0 Å². The standard InChI is InChI=1S/C66H41B3N4O4/c1-7-23-42(24-8-1)70(43-25-9-2-10-26-43)54-39-50-48-35-19-21-37-56(48)74-67-62(50)60-58-52(72(67)46-31-15-5-16-32-46)41-53-59-61-63-51(49-36-20-22-38-57(49)75-68(63)73(53)47-33-17-6-18-34-47)40-55(66(61)77-69(64(58)59)76-65(54)60)71(44-27-11-3-12-28-44)45-29-13-4-14-30-45/h1-41H. The van der Waals surface area contributed by atoms with Gasteiger partial charge in [-0.1, -0.05) is 146 Å². The molecule has 358 valence electrons. The second-order valence-electron chi connectivity index (χ2n) is 20.1. The van der Waals surface area contributed by atoms with E-state index in [-0.39, 0.29) is 0 Å². The molecule has 0 saturated heterocycles. The molecule has 77 heavy (non-hydrogen) atoms. The minimum Gasteiger partial charge on any atom is -0.537 e. The van der Waals surface area contributed by atoms with Gasteiger partial charge in [0.25, 0.3) is 0 Å². The Morgan fingerprint density at radius 2 is 0.636 bits per heavy atom. The van der Waals surface area contributed by atoms with Gasteiger partial charge in [0.2, 0.25) is 0 Å². The van der Waals surface area contributed by atoms with E-state index in [4.69, 9.17) is 18.6 Å². The number of fused-ring (bicyclic) bond motifs is 4. The van der Waals surface area contributed by atoms with Gasteiger partial charge in [-0.2, -0.15) is 0 Å². The highest BCUT2D eigenvalue weighted by molar-refractivity contribution is 6.82. The van der Waals surface area contributed by atoms with Crippen LogP contribution in [0.25, 0.3) is 44.5 Å². The molecule has 0 aliphatic carbocycles. The third-order valence-electron chi connectivity index (χ3n) is 16.0. The van der Waals surface area contributed by atoms with Crippen molar-refractivity contribution < 1.29 is 18.6 Å². The highest BCUT2D eigenvalue weighted by atomic mass is 16.6. The van der Waals surface area contributed by atoms with E-state index < -0.39 is 21.2 Å². The molecule has 6 aliphatic rings. The zero-order valence-electron chi connectivity index (χ0n) is 41.3. The van der Waals surface area contributed by atoms with E-state index >= 15 is 0 Å². The lowest BCUT2D eigenvalue weighted by Crippen LogP contribution is -2.62. The quantitative estimate of drug-likeness (QED) is 0.140. The predicted molar refractivity (Wildman–Crippen MR) is 313 cm³/mol. The lowest BCUT2D eigenvalue weighted by molar-refractivity contribution is 0.437. The maximum absolute atomic E-state index is 7.88. The lowest BCUT2D eigenvalue weighted by Gasteiger charge is -2.49. The second-order valence-corrected chi connectivity index (χ2v) is 20.1. The molecule has 11 aromatic carbocycles. The minimum atomic E-state index is -0.911. The SMILES string of the molecule is c1ccc(N2B3Oc4ccccc4-c4cc(N(c5ccccc5)c5ccccc5)c5c(c43)-c3c2cc2c4c3B(O5)Oc3c(N(c5ccccc5)c5ccccc5)cc5c(c3-4)B(Oc3ccccc3-5)N2c2ccccc2)cc1. The van der Waals surface area contributed by atoms with Crippen LogP contribution in [-0.2, 0) is 0 Å². The van der Waals surface area contributed by atoms with E-state index in [0.29, 0.717) is 11.5 Å². The molecule has 0 fully saturated rings. The van der Waals surface area contributed by atoms with Crippen LogP contribution in [0.4, 0.5) is 56.9 Å². The Bertz CT molecular complexity index is 3870. The largest absolute Gasteiger partial charge is 0.634 e. The van der Waals surface area contributed by atoms with Crippen LogP contribution in [0.2, 0.25) is 0 Å². The lowest BCUT2D eigenvalue weighted by atomic mass is 9.52. The fraction of sp³-hybridized carbons (Fsp3) is 0. The number of anilines is 10. The Labute approximate surface area is 446 Å². The number of hydrogen-bond acceptors (Lipinski definition) is 8. The summed E-state index contributed by atoms with van der Waals surface area (Å²) in [6.45, 7) is 0. The number of rotatable bonds is 8. The maximum atomic E-state index is 7.88. The van der Waals surface area contributed by atoms with Crippen LogP contribution in [-0.4, -0.2) is 21.2 Å². The van der Waals surface area contributed by atoms with Crippen molar-refractivity contribution in [2.45, 2.75) is 0 Å². The third-order valence-corrected chi connectivity index (χ3v) is 16.0. The van der Waals surface area contributed by atoms with Gasteiger partial charge in [0, 0.05) is 95.3 Å². The molecule has 8 nitrogen and oxygen atoms in total. The Balaban J connectivity index is 1.05. The van der Waals surface area contributed by atoms with E-state index in [1.807, 2.05) is 0 Å². The number of benzene rings is 11. The molecule has 0 unspecified atom stereocenters. The summed E-state index contributed by atoms with van der Waals surface area (Å²) in [6.07, 6.45) is 0. The van der Waals surface area contributed by atoms with Gasteiger partial charge in [-0.25, -0.2) is 0 Å². The highest BCUT2D eigenvalue weighted by Crippen LogP contribution is 2.61. The number of hydrogen-bond donors (Lipinski definition) is 0. The Morgan fingerprint density at radius 1 is 0.299 bits per heavy atom. The van der Waals surface area contributed by atoms with Crippen molar-refractivity contribution in [2.75, 3.05) is 19.4 Å². The molecule has 11 heteroatoms. The summed E-state index contributed by atoms with van der Waals surface area (Å²) in [6, 6.07) is 87.6. The molecular formula is C66H41B3N4O4. The van der Waals surface area contributed by atoms with Crippen molar-refractivity contribution in [1.82, 2.24) is 0 Å². The van der Waals surface area contributed by atoms with Gasteiger partial charge in [-0.05, 0) is 114 Å². The first kappa shape index (κ1) is 42.4. The zero-order valence-corrected chi connectivity index (χ0v) is 41.3. The highest BCUT2D eigenvalue weighted by Gasteiger charge is 2.58. The van der Waals surface area contributed by atoms with E-state index in [9.17, 15) is 0 Å².